The molecule has 1 aromatic heterocycles. The third-order valence-electron chi connectivity index (χ3n) is 2.35. The Bertz CT molecular complexity index is 342. The summed E-state index contributed by atoms with van der Waals surface area (Å²) in [6, 6.07) is 0. The van der Waals surface area contributed by atoms with E-state index in [1.165, 1.54) is 9.88 Å². The molecule has 0 aliphatic carbocycles. The fraction of sp³-hybridized carbons (Fsp3) is 0.769. The van der Waals surface area contributed by atoms with Crippen LogP contribution in [0.25, 0.3) is 0 Å². The van der Waals surface area contributed by atoms with E-state index in [-0.39, 0.29) is 5.54 Å². The lowest BCUT2D eigenvalue weighted by atomic mass is 10.1. The Kier molecular flexibility index (Phi) is 5.56. The van der Waals surface area contributed by atoms with Crippen molar-refractivity contribution >= 4 is 11.3 Å². The minimum Gasteiger partial charge on any atom is -0.378 e. The van der Waals surface area contributed by atoms with E-state index in [9.17, 15) is 0 Å². The van der Waals surface area contributed by atoms with Crippen molar-refractivity contribution in [2.45, 2.75) is 59.2 Å². The molecule has 17 heavy (non-hydrogen) atoms. The number of methoxy groups -OCH3 is 1. The van der Waals surface area contributed by atoms with Crippen LogP contribution in [0.1, 0.15) is 49.7 Å². The molecule has 0 fully saturated rings. The quantitative estimate of drug-likeness (QED) is 0.849. The van der Waals surface area contributed by atoms with Gasteiger partial charge in [0.15, 0.2) is 0 Å². The molecule has 1 N–H and O–H groups in total. The summed E-state index contributed by atoms with van der Waals surface area (Å²) in [5.41, 5.74) is 1.23. The molecule has 0 bridgehead atoms. The maximum absolute atomic E-state index is 5.21. The molecular formula is C13H24N2OS. The maximum atomic E-state index is 5.21. The standard InChI is InChI=1S/C13H24N2OS/c1-6-7-12-15-10(9-16-5)11(17-12)8-14-13(2,3)4/h14H,6-9H2,1-5H3. The number of thiazole rings is 1. The Balaban J connectivity index is 2.73. The highest BCUT2D eigenvalue weighted by Crippen LogP contribution is 2.21. The van der Waals surface area contributed by atoms with E-state index in [0.717, 1.165) is 25.1 Å². The lowest BCUT2D eigenvalue weighted by Gasteiger charge is -2.20. The number of ether oxygens (including phenoxy) is 1. The topological polar surface area (TPSA) is 34.1 Å². The molecule has 1 aromatic rings. The second kappa shape index (κ2) is 6.47. The molecule has 0 spiro atoms. The highest BCUT2D eigenvalue weighted by atomic mass is 32.1. The Morgan fingerprint density at radius 2 is 2.06 bits per heavy atom. The van der Waals surface area contributed by atoms with Crippen LogP contribution in [0.2, 0.25) is 0 Å². The van der Waals surface area contributed by atoms with E-state index in [0.29, 0.717) is 6.61 Å². The largest absolute Gasteiger partial charge is 0.378 e. The van der Waals surface area contributed by atoms with Gasteiger partial charge in [0.1, 0.15) is 0 Å². The highest BCUT2D eigenvalue weighted by molar-refractivity contribution is 7.11. The van der Waals surface area contributed by atoms with E-state index in [1.54, 1.807) is 7.11 Å². The van der Waals surface area contributed by atoms with Gasteiger partial charge in [-0.05, 0) is 33.6 Å². The Labute approximate surface area is 109 Å². The molecule has 0 saturated carbocycles. The molecule has 0 amide bonds. The van der Waals surface area contributed by atoms with E-state index < -0.39 is 0 Å². The van der Waals surface area contributed by atoms with Crippen molar-refractivity contribution in [3.05, 3.63) is 15.6 Å². The molecule has 1 rings (SSSR count). The van der Waals surface area contributed by atoms with Crippen molar-refractivity contribution in [2.75, 3.05) is 7.11 Å². The average molecular weight is 256 g/mol. The van der Waals surface area contributed by atoms with Crippen molar-refractivity contribution in [1.29, 1.82) is 0 Å². The van der Waals surface area contributed by atoms with Crippen molar-refractivity contribution in [2.24, 2.45) is 0 Å². The van der Waals surface area contributed by atoms with Crippen LogP contribution in [0.4, 0.5) is 0 Å². The number of aromatic nitrogens is 1. The second-order valence-electron chi connectivity index (χ2n) is 5.26. The van der Waals surface area contributed by atoms with Gasteiger partial charge >= 0.3 is 0 Å². The van der Waals surface area contributed by atoms with Gasteiger partial charge in [0.05, 0.1) is 17.3 Å². The number of rotatable bonds is 6. The van der Waals surface area contributed by atoms with Crippen LogP contribution in [-0.4, -0.2) is 17.6 Å². The van der Waals surface area contributed by atoms with Gasteiger partial charge in [-0.3, -0.25) is 0 Å². The molecule has 0 unspecified atom stereocenters. The Morgan fingerprint density at radius 1 is 1.35 bits per heavy atom. The molecule has 0 aliphatic rings. The summed E-state index contributed by atoms with van der Waals surface area (Å²) in [7, 11) is 1.72. The van der Waals surface area contributed by atoms with Gasteiger partial charge in [0, 0.05) is 24.1 Å². The fourth-order valence-electron chi connectivity index (χ4n) is 1.49. The van der Waals surface area contributed by atoms with Crippen LogP contribution >= 0.6 is 11.3 Å². The number of hydrogen-bond acceptors (Lipinski definition) is 4. The minimum absolute atomic E-state index is 0.138. The van der Waals surface area contributed by atoms with E-state index in [4.69, 9.17) is 4.74 Å². The maximum Gasteiger partial charge on any atom is 0.0932 e. The molecular weight excluding hydrogens is 232 g/mol. The van der Waals surface area contributed by atoms with E-state index in [2.05, 4.69) is 38.0 Å². The predicted molar refractivity (Wildman–Crippen MR) is 73.4 cm³/mol. The van der Waals surface area contributed by atoms with Gasteiger partial charge in [0.2, 0.25) is 0 Å². The first-order valence-corrected chi connectivity index (χ1v) is 6.99. The fourth-order valence-corrected chi connectivity index (χ4v) is 2.60. The first-order chi connectivity index (χ1) is 7.96. The highest BCUT2D eigenvalue weighted by Gasteiger charge is 2.14. The summed E-state index contributed by atoms with van der Waals surface area (Å²) in [6.07, 6.45) is 2.21. The average Bonchev–Trinajstić information content (AvgIpc) is 2.58. The summed E-state index contributed by atoms with van der Waals surface area (Å²) in [5, 5.41) is 4.73. The number of nitrogens with zero attached hydrogens (tertiary/aromatic N) is 1. The normalized spacial score (nSPS) is 12.1. The van der Waals surface area contributed by atoms with Crippen molar-refractivity contribution in [3.63, 3.8) is 0 Å². The smallest absolute Gasteiger partial charge is 0.0932 e. The number of aryl methyl sites for hydroxylation is 1. The van der Waals surface area contributed by atoms with Gasteiger partial charge in [-0.15, -0.1) is 11.3 Å². The molecule has 0 radical (unpaired) electrons. The molecule has 4 heteroatoms. The van der Waals surface area contributed by atoms with Crippen molar-refractivity contribution in [3.8, 4) is 0 Å². The van der Waals surface area contributed by atoms with Crippen molar-refractivity contribution in [1.82, 2.24) is 10.3 Å². The second-order valence-corrected chi connectivity index (χ2v) is 6.43. The first-order valence-electron chi connectivity index (χ1n) is 6.17. The monoisotopic (exact) mass is 256 g/mol. The van der Waals surface area contributed by atoms with E-state index in [1.807, 2.05) is 11.3 Å². The summed E-state index contributed by atoms with van der Waals surface area (Å²) >= 11 is 1.81. The number of nitrogens with one attached hydrogen (secondary N) is 1. The number of hydrogen-bond donors (Lipinski definition) is 1. The van der Waals surface area contributed by atoms with Crippen LogP contribution in [0.5, 0.6) is 0 Å². The van der Waals surface area contributed by atoms with Gasteiger partial charge in [-0.1, -0.05) is 6.92 Å². The van der Waals surface area contributed by atoms with Crippen LogP contribution in [0.3, 0.4) is 0 Å². The van der Waals surface area contributed by atoms with Gasteiger partial charge in [-0.2, -0.15) is 0 Å². The van der Waals surface area contributed by atoms with Gasteiger partial charge in [-0.25, -0.2) is 4.98 Å². The van der Waals surface area contributed by atoms with Gasteiger partial charge in [0.25, 0.3) is 0 Å². The zero-order valence-corrected chi connectivity index (χ0v) is 12.4. The summed E-state index contributed by atoms with van der Waals surface area (Å²) in [6.45, 7) is 10.2. The zero-order chi connectivity index (χ0) is 12.9. The lowest BCUT2D eigenvalue weighted by molar-refractivity contribution is 0.181. The van der Waals surface area contributed by atoms with Crippen LogP contribution < -0.4 is 5.32 Å². The van der Waals surface area contributed by atoms with Crippen LogP contribution in [0.15, 0.2) is 0 Å². The lowest BCUT2D eigenvalue weighted by Crippen LogP contribution is -2.35. The van der Waals surface area contributed by atoms with Crippen LogP contribution in [-0.2, 0) is 24.3 Å². The third-order valence-corrected chi connectivity index (χ3v) is 3.50. The molecule has 0 aliphatic heterocycles. The molecule has 98 valence electrons. The van der Waals surface area contributed by atoms with Crippen LogP contribution in [0, 0.1) is 0 Å². The molecule has 1 heterocycles. The summed E-state index contributed by atoms with van der Waals surface area (Å²) in [4.78, 5) is 5.95. The molecule has 3 nitrogen and oxygen atoms in total. The zero-order valence-electron chi connectivity index (χ0n) is 11.6. The summed E-state index contributed by atoms with van der Waals surface area (Å²) in [5.74, 6) is 0. The molecule has 0 saturated heterocycles. The summed E-state index contributed by atoms with van der Waals surface area (Å²) < 4.78 is 5.21. The third kappa shape index (κ3) is 5.15. The molecule has 0 aromatic carbocycles. The predicted octanol–water partition coefficient (Wildman–Crippen LogP) is 3.13. The minimum atomic E-state index is 0.138. The Hall–Kier alpha value is -0.450. The first kappa shape index (κ1) is 14.6. The van der Waals surface area contributed by atoms with Crippen molar-refractivity contribution < 1.29 is 4.74 Å². The Morgan fingerprint density at radius 3 is 2.59 bits per heavy atom. The SMILES string of the molecule is CCCc1nc(COC)c(CNC(C)(C)C)s1. The van der Waals surface area contributed by atoms with Gasteiger partial charge < -0.3 is 10.1 Å². The van der Waals surface area contributed by atoms with E-state index >= 15 is 0 Å². The molecule has 0 atom stereocenters.